The molecule has 0 unspecified atom stereocenters. The number of fused-ring (bicyclic) bond motifs is 1. The number of rotatable bonds is 5. The van der Waals surface area contributed by atoms with Gasteiger partial charge in [0.05, 0.1) is 13.3 Å². The van der Waals surface area contributed by atoms with Crippen molar-refractivity contribution >= 4 is 11.5 Å². The van der Waals surface area contributed by atoms with Crippen LogP contribution in [0.3, 0.4) is 0 Å². The molecule has 4 aromatic rings. The van der Waals surface area contributed by atoms with E-state index in [0.29, 0.717) is 23.4 Å². The maximum Gasteiger partial charge on any atom is 0.158 e. The van der Waals surface area contributed by atoms with Crippen LogP contribution in [0, 0.1) is 0 Å². The van der Waals surface area contributed by atoms with Gasteiger partial charge < -0.3 is 20.3 Å². The predicted molar refractivity (Wildman–Crippen MR) is 102 cm³/mol. The number of nitrogens with zero attached hydrogens (tertiary/aromatic N) is 3. The Hall–Kier alpha value is -3.74. The molecule has 136 valence electrons. The van der Waals surface area contributed by atoms with Crippen LogP contribution in [0.1, 0.15) is 5.56 Å². The van der Waals surface area contributed by atoms with Crippen LogP contribution in [0.25, 0.3) is 16.9 Å². The molecule has 7 heteroatoms. The van der Waals surface area contributed by atoms with Crippen molar-refractivity contribution in [1.82, 2.24) is 14.4 Å². The van der Waals surface area contributed by atoms with Crippen molar-refractivity contribution in [2.75, 3.05) is 12.4 Å². The molecule has 0 spiro atoms. The minimum Gasteiger partial charge on any atom is -0.504 e. The van der Waals surface area contributed by atoms with Gasteiger partial charge in [-0.25, -0.2) is 4.98 Å². The highest BCUT2D eigenvalue weighted by molar-refractivity contribution is 5.77. The minimum atomic E-state index is -0.191. The van der Waals surface area contributed by atoms with Crippen LogP contribution in [0.5, 0.6) is 17.2 Å². The lowest BCUT2D eigenvalue weighted by atomic mass is 10.1. The van der Waals surface area contributed by atoms with E-state index in [0.717, 1.165) is 17.1 Å². The fraction of sp³-hybridized carbons (Fsp3) is 0.100. The average Bonchev–Trinajstić information content (AvgIpc) is 3.07. The van der Waals surface area contributed by atoms with Crippen LogP contribution in [-0.4, -0.2) is 31.7 Å². The van der Waals surface area contributed by atoms with Crippen molar-refractivity contribution in [3.8, 4) is 28.5 Å². The highest BCUT2D eigenvalue weighted by Gasteiger charge is 2.15. The second-order valence-electron chi connectivity index (χ2n) is 6.02. The van der Waals surface area contributed by atoms with Crippen molar-refractivity contribution in [1.29, 1.82) is 0 Å². The zero-order chi connectivity index (χ0) is 18.8. The first-order valence-corrected chi connectivity index (χ1v) is 8.37. The van der Waals surface area contributed by atoms with Crippen molar-refractivity contribution in [2.24, 2.45) is 0 Å². The summed E-state index contributed by atoms with van der Waals surface area (Å²) in [5.74, 6) is 1.22. The Morgan fingerprint density at radius 3 is 2.63 bits per heavy atom. The molecule has 27 heavy (non-hydrogen) atoms. The Morgan fingerprint density at radius 1 is 1.07 bits per heavy atom. The standard InChI is InChI=1S/C20H18N4O3/c1-27-15-5-2-13(3-6-15)11-22-20-19(14-4-7-16(25)17(26)10-14)23-18-12-21-8-9-24(18)20/h2-10,12,22,25-26H,11H2,1H3. The summed E-state index contributed by atoms with van der Waals surface area (Å²) >= 11 is 0. The Morgan fingerprint density at radius 2 is 1.89 bits per heavy atom. The van der Waals surface area contributed by atoms with Crippen LogP contribution >= 0.6 is 0 Å². The molecule has 2 aromatic carbocycles. The molecule has 4 rings (SSSR count). The zero-order valence-electron chi connectivity index (χ0n) is 14.6. The van der Waals surface area contributed by atoms with Crippen molar-refractivity contribution in [3.05, 3.63) is 66.6 Å². The summed E-state index contributed by atoms with van der Waals surface area (Å²) in [7, 11) is 1.64. The molecular formula is C20H18N4O3. The normalized spacial score (nSPS) is 10.9. The molecule has 0 saturated carbocycles. The first-order valence-electron chi connectivity index (χ1n) is 8.37. The molecule has 0 aliphatic carbocycles. The third-order valence-corrected chi connectivity index (χ3v) is 4.30. The highest BCUT2D eigenvalue weighted by Crippen LogP contribution is 2.34. The van der Waals surface area contributed by atoms with Crippen LogP contribution < -0.4 is 10.1 Å². The summed E-state index contributed by atoms with van der Waals surface area (Å²) in [6.45, 7) is 0.581. The number of ether oxygens (including phenoxy) is 1. The van der Waals surface area contributed by atoms with Gasteiger partial charge in [0.1, 0.15) is 17.3 Å². The van der Waals surface area contributed by atoms with Gasteiger partial charge >= 0.3 is 0 Å². The molecule has 0 amide bonds. The Labute approximate surface area is 155 Å². The number of imidazole rings is 1. The van der Waals surface area contributed by atoms with E-state index in [1.165, 1.54) is 12.1 Å². The second kappa shape index (κ2) is 6.87. The van der Waals surface area contributed by atoms with E-state index < -0.39 is 0 Å². The number of phenolic OH excluding ortho intramolecular Hbond substituents is 2. The number of phenols is 2. The zero-order valence-corrected chi connectivity index (χ0v) is 14.6. The Balaban J connectivity index is 1.72. The van der Waals surface area contributed by atoms with E-state index in [1.54, 1.807) is 25.6 Å². The third-order valence-electron chi connectivity index (χ3n) is 4.30. The van der Waals surface area contributed by atoms with E-state index >= 15 is 0 Å². The summed E-state index contributed by atoms with van der Waals surface area (Å²) in [5.41, 5.74) is 3.11. The van der Waals surface area contributed by atoms with Gasteiger partial charge in [0.25, 0.3) is 0 Å². The van der Waals surface area contributed by atoms with Crippen LogP contribution in [0.4, 0.5) is 5.82 Å². The molecule has 0 aliphatic heterocycles. The molecule has 3 N–H and O–H groups in total. The van der Waals surface area contributed by atoms with Gasteiger partial charge in [-0.2, -0.15) is 0 Å². The largest absolute Gasteiger partial charge is 0.504 e. The lowest BCUT2D eigenvalue weighted by molar-refractivity contribution is 0.404. The number of aromatic nitrogens is 3. The van der Waals surface area contributed by atoms with Gasteiger partial charge in [0.2, 0.25) is 0 Å². The van der Waals surface area contributed by atoms with Gasteiger partial charge in [-0.05, 0) is 35.9 Å². The van der Waals surface area contributed by atoms with Gasteiger partial charge in [0.15, 0.2) is 17.1 Å². The fourth-order valence-electron chi connectivity index (χ4n) is 2.88. The summed E-state index contributed by atoms with van der Waals surface area (Å²) in [4.78, 5) is 8.73. The first-order chi connectivity index (χ1) is 13.2. The van der Waals surface area contributed by atoms with Crippen molar-refractivity contribution in [3.63, 3.8) is 0 Å². The minimum absolute atomic E-state index is 0.170. The lowest BCUT2D eigenvalue weighted by Gasteiger charge is -2.10. The third kappa shape index (κ3) is 3.22. The molecule has 2 heterocycles. The predicted octanol–water partition coefficient (Wildman–Crippen LogP) is 3.43. The van der Waals surface area contributed by atoms with Crippen LogP contribution in [0.15, 0.2) is 61.1 Å². The SMILES string of the molecule is COc1ccc(CNc2c(-c3ccc(O)c(O)c3)nc3cnccn23)cc1. The Kier molecular flexibility index (Phi) is 4.25. The number of nitrogens with one attached hydrogen (secondary N) is 1. The number of methoxy groups -OCH3 is 1. The first kappa shape index (κ1) is 16.7. The highest BCUT2D eigenvalue weighted by atomic mass is 16.5. The van der Waals surface area contributed by atoms with E-state index in [2.05, 4.69) is 15.3 Å². The number of hydrogen-bond donors (Lipinski definition) is 3. The maximum absolute atomic E-state index is 9.86. The van der Waals surface area contributed by atoms with Crippen molar-refractivity contribution < 1.29 is 14.9 Å². The van der Waals surface area contributed by atoms with Crippen LogP contribution in [0.2, 0.25) is 0 Å². The van der Waals surface area contributed by atoms with Gasteiger partial charge in [-0.1, -0.05) is 12.1 Å². The monoisotopic (exact) mass is 362 g/mol. The molecule has 0 atom stereocenters. The topological polar surface area (TPSA) is 91.9 Å². The summed E-state index contributed by atoms with van der Waals surface area (Å²) in [6, 6.07) is 12.4. The average molecular weight is 362 g/mol. The van der Waals surface area contributed by atoms with E-state index in [9.17, 15) is 10.2 Å². The molecule has 0 aliphatic rings. The van der Waals surface area contributed by atoms with E-state index in [1.807, 2.05) is 34.9 Å². The lowest BCUT2D eigenvalue weighted by Crippen LogP contribution is -2.03. The van der Waals surface area contributed by atoms with Crippen molar-refractivity contribution in [2.45, 2.75) is 6.54 Å². The maximum atomic E-state index is 9.86. The number of benzene rings is 2. The second-order valence-corrected chi connectivity index (χ2v) is 6.02. The molecule has 2 aromatic heterocycles. The Bertz CT molecular complexity index is 1090. The molecule has 7 nitrogen and oxygen atoms in total. The fourth-order valence-corrected chi connectivity index (χ4v) is 2.88. The van der Waals surface area contributed by atoms with E-state index in [-0.39, 0.29) is 11.5 Å². The smallest absolute Gasteiger partial charge is 0.158 e. The molecular weight excluding hydrogens is 344 g/mol. The van der Waals surface area contributed by atoms with Gasteiger partial charge in [0, 0.05) is 24.5 Å². The van der Waals surface area contributed by atoms with Crippen LogP contribution in [-0.2, 0) is 6.54 Å². The molecule has 0 bridgehead atoms. The molecule has 0 radical (unpaired) electrons. The molecule has 0 saturated heterocycles. The summed E-state index contributed by atoms with van der Waals surface area (Å²) < 4.78 is 7.09. The van der Waals surface area contributed by atoms with Gasteiger partial charge in [-0.15, -0.1) is 0 Å². The summed E-state index contributed by atoms with van der Waals surface area (Å²) in [6.07, 6.45) is 5.18. The molecule has 0 fully saturated rings. The number of aromatic hydroxyl groups is 2. The number of hydrogen-bond acceptors (Lipinski definition) is 6. The summed E-state index contributed by atoms with van der Waals surface area (Å²) in [5, 5.41) is 22.8. The van der Waals surface area contributed by atoms with E-state index in [4.69, 9.17) is 4.74 Å². The van der Waals surface area contributed by atoms with Gasteiger partial charge in [-0.3, -0.25) is 9.38 Å². The number of anilines is 1. The quantitative estimate of drug-likeness (QED) is 0.471.